The number of carbonyl (C=O) groups excluding carboxylic acids is 2. The molecule has 0 fully saturated rings. The van der Waals surface area contributed by atoms with E-state index in [9.17, 15) is 18.0 Å². The van der Waals surface area contributed by atoms with Crippen LogP contribution in [-0.2, 0) is 32.6 Å². The number of rotatable bonds is 13. The van der Waals surface area contributed by atoms with Gasteiger partial charge >= 0.3 is 0 Å². The average Bonchev–Trinajstić information content (AvgIpc) is 3.02. The molecule has 4 aromatic carbocycles. The van der Waals surface area contributed by atoms with Crippen LogP contribution in [0.15, 0.2) is 102 Å². The maximum absolute atomic E-state index is 15.1. The molecule has 0 radical (unpaired) electrons. The van der Waals surface area contributed by atoms with Crippen molar-refractivity contribution in [1.29, 1.82) is 0 Å². The molecule has 1 N–H and O–H groups in total. The second-order valence-electron chi connectivity index (χ2n) is 11.1. The third kappa shape index (κ3) is 8.87. The molecule has 0 aliphatic carbocycles. The van der Waals surface area contributed by atoms with Crippen LogP contribution < -0.4 is 9.62 Å². The summed E-state index contributed by atoms with van der Waals surface area (Å²) in [7, 11) is -4.35. The Labute approximate surface area is 280 Å². The SMILES string of the molecule is CC[C@@H](C)NC(=O)[C@@H](Cc1ccccc1)N(Cc1ccccc1F)C(=O)CN(c1cc(Cl)cc(Cl)c1)S(=O)(=O)c1ccc(C)cc1. The molecule has 0 aromatic heterocycles. The topological polar surface area (TPSA) is 86.8 Å². The van der Waals surface area contributed by atoms with Crippen molar-refractivity contribution in [2.24, 2.45) is 0 Å². The Morgan fingerprint density at radius 1 is 0.891 bits per heavy atom. The van der Waals surface area contributed by atoms with Crippen LogP contribution in [0.4, 0.5) is 10.1 Å². The van der Waals surface area contributed by atoms with Crippen molar-refractivity contribution in [2.45, 2.75) is 57.1 Å². The summed E-state index contributed by atoms with van der Waals surface area (Å²) in [4.78, 5) is 29.5. The summed E-state index contributed by atoms with van der Waals surface area (Å²) in [6.07, 6.45) is 0.750. The molecule has 2 amide bonds. The minimum atomic E-state index is -4.35. The van der Waals surface area contributed by atoms with E-state index >= 15 is 4.39 Å². The van der Waals surface area contributed by atoms with Crippen LogP contribution in [0.1, 0.15) is 37.0 Å². The van der Waals surface area contributed by atoms with Gasteiger partial charge in [0.25, 0.3) is 10.0 Å². The van der Waals surface area contributed by atoms with Gasteiger partial charge in [-0.25, -0.2) is 12.8 Å². The lowest BCUT2D eigenvalue weighted by atomic mass is 10.0. The van der Waals surface area contributed by atoms with E-state index in [2.05, 4.69) is 5.32 Å². The summed E-state index contributed by atoms with van der Waals surface area (Å²) < 4.78 is 44.3. The first-order chi connectivity index (χ1) is 21.9. The molecule has 4 rings (SSSR count). The normalized spacial score (nSPS) is 12.7. The summed E-state index contributed by atoms with van der Waals surface area (Å²) in [6, 6.07) is 24.2. The van der Waals surface area contributed by atoms with Gasteiger partial charge in [-0.15, -0.1) is 0 Å². The number of halogens is 3. The summed E-state index contributed by atoms with van der Waals surface area (Å²) >= 11 is 12.6. The molecule has 7 nitrogen and oxygen atoms in total. The maximum Gasteiger partial charge on any atom is 0.264 e. The second-order valence-corrected chi connectivity index (χ2v) is 13.8. The van der Waals surface area contributed by atoms with Gasteiger partial charge in [0, 0.05) is 34.6 Å². The lowest BCUT2D eigenvalue weighted by Crippen LogP contribution is -2.54. The summed E-state index contributed by atoms with van der Waals surface area (Å²) in [5, 5.41) is 3.28. The van der Waals surface area contributed by atoms with Crippen LogP contribution in [0.25, 0.3) is 0 Å². The van der Waals surface area contributed by atoms with Crippen molar-refractivity contribution in [3.05, 3.63) is 130 Å². The zero-order chi connectivity index (χ0) is 33.4. The summed E-state index contributed by atoms with van der Waals surface area (Å²) in [6.45, 7) is 4.59. The zero-order valence-electron chi connectivity index (χ0n) is 25.8. The summed E-state index contributed by atoms with van der Waals surface area (Å²) in [5.41, 5.74) is 1.84. The molecule has 0 unspecified atom stereocenters. The fourth-order valence-corrected chi connectivity index (χ4v) is 6.77. The molecular weight excluding hydrogens is 648 g/mol. The van der Waals surface area contributed by atoms with Crippen LogP contribution in [0.3, 0.4) is 0 Å². The minimum Gasteiger partial charge on any atom is -0.352 e. The van der Waals surface area contributed by atoms with Crippen LogP contribution in [-0.4, -0.2) is 43.8 Å². The molecule has 2 atom stereocenters. The number of amides is 2. The standard InChI is InChI=1S/C35H36Cl2FN3O4S/c1-4-25(3)39-35(43)33(18-26-10-6-5-7-11-26)40(22-27-12-8-9-13-32(27)38)34(42)23-41(30-20-28(36)19-29(37)21-30)46(44,45)31-16-14-24(2)15-17-31/h5-17,19-21,25,33H,4,18,22-23H2,1-3H3,(H,39,43)/t25-,33-/m1/s1. The van der Waals surface area contributed by atoms with Gasteiger partial charge in [-0.3, -0.25) is 13.9 Å². The van der Waals surface area contributed by atoms with Crippen molar-refractivity contribution in [2.75, 3.05) is 10.8 Å². The molecule has 0 bridgehead atoms. The molecular formula is C35H36Cl2FN3O4S. The van der Waals surface area contributed by atoms with Crippen molar-refractivity contribution in [3.63, 3.8) is 0 Å². The Hall–Kier alpha value is -3.92. The van der Waals surface area contributed by atoms with E-state index in [1.165, 1.54) is 53.4 Å². The Kier molecular flexibility index (Phi) is 11.8. The Morgan fingerprint density at radius 3 is 2.11 bits per heavy atom. The number of nitrogens with one attached hydrogen (secondary N) is 1. The predicted molar refractivity (Wildman–Crippen MR) is 181 cm³/mol. The Bertz CT molecular complexity index is 1750. The smallest absolute Gasteiger partial charge is 0.264 e. The highest BCUT2D eigenvalue weighted by atomic mass is 35.5. The molecule has 0 aliphatic rings. The van der Waals surface area contributed by atoms with Crippen molar-refractivity contribution in [3.8, 4) is 0 Å². The van der Waals surface area contributed by atoms with E-state index in [0.717, 1.165) is 15.4 Å². The Balaban J connectivity index is 1.84. The maximum atomic E-state index is 15.1. The number of benzene rings is 4. The van der Waals surface area contributed by atoms with Crippen molar-refractivity contribution < 1.29 is 22.4 Å². The molecule has 0 saturated carbocycles. The molecule has 11 heteroatoms. The zero-order valence-corrected chi connectivity index (χ0v) is 28.1. The Morgan fingerprint density at radius 2 is 1.50 bits per heavy atom. The fourth-order valence-electron chi connectivity index (χ4n) is 4.85. The van der Waals surface area contributed by atoms with Gasteiger partial charge < -0.3 is 10.2 Å². The first-order valence-electron chi connectivity index (χ1n) is 14.8. The number of aryl methyl sites for hydroxylation is 1. The number of sulfonamides is 1. The van der Waals surface area contributed by atoms with E-state index in [1.54, 1.807) is 18.2 Å². The van der Waals surface area contributed by atoms with Crippen molar-refractivity contribution in [1.82, 2.24) is 10.2 Å². The summed E-state index contributed by atoms with van der Waals surface area (Å²) in [5.74, 6) is -1.73. The first kappa shape index (κ1) is 34.9. The molecule has 0 aliphatic heterocycles. The van der Waals surface area contributed by atoms with E-state index in [1.807, 2.05) is 51.1 Å². The van der Waals surface area contributed by atoms with Gasteiger partial charge in [-0.2, -0.15) is 0 Å². The van der Waals surface area contributed by atoms with Crippen LogP contribution in [0.2, 0.25) is 10.0 Å². The highest BCUT2D eigenvalue weighted by Crippen LogP contribution is 2.30. The molecule has 0 heterocycles. The van der Waals surface area contributed by atoms with E-state index in [4.69, 9.17) is 23.2 Å². The third-order valence-corrected chi connectivity index (χ3v) is 9.82. The molecule has 0 spiro atoms. The molecule has 46 heavy (non-hydrogen) atoms. The minimum absolute atomic E-state index is 0.0564. The molecule has 242 valence electrons. The van der Waals surface area contributed by atoms with Crippen LogP contribution >= 0.6 is 23.2 Å². The fraction of sp³-hybridized carbons (Fsp3) is 0.257. The highest BCUT2D eigenvalue weighted by molar-refractivity contribution is 7.92. The number of hydrogen-bond donors (Lipinski definition) is 1. The lowest BCUT2D eigenvalue weighted by molar-refractivity contribution is -0.140. The van der Waals surface area contributed by atoms with E-state index in [0.29, 0.717) is 6.42 Å². The third-order valence-electron chi connectivity index (χ3n) is 7.59. The van der Waals surface area contributed by atoms with Crippen LogP contribution in [0, 0.1) is 12.7 Å². The highest BCUT2D eigenvalue weighted by Gasteiger charge is 2.35. The molecule has 0 saturated heterocycles. The van der Waals surface area contributed by atoms with Gasteiger partial charge in [0.15, 0.2) is 0 Å². The van der Waals surface area contributed by atoms with E-state index < -0.39 is 40.2 Å². The quantitative estimate of drug-likeness (QED) is 0.162. The predicted octanol–water partition coefficient (Wildman–Crippen LogP) is 7.19. The number of hydrogen-bond acceptors (Lipinski definition) is 4. The number of anilines is 1. The number of nitrogens with zero attached hydrogens (tertiary/aromatic N) is 2. The van der Waals surface area contributed by atoms with Crippen molar-refractivity contribution >= 4 is 50.7 Å². The first-order valence-corrected chi connectivity index (χ1v) is 17.0. The van der Waals surface area contributed by atoms with Gasteiger partial charge in [0.05, 0.1) is 10.6 Å². The average molecular weight is 685 g/mol. The lowest BCUT2D eigenvalue weighted by Gasteiger charge is -2.34. The largest absolute Gasteiger partial charge is 0.352 e. The second kappa shape index (κ2) is 15.6. The monoisotopic (exact) mass is 683 g/mol. The van der Waals surface area contributed by atoms with Gasteiger partial charge in [0.2, 0.25) is 11.8 Å². The van der Waals surface area contributed by atoms with Crippen LogP contribution in [0.5, 0.6) is 0 Å². The van der Waals surface area contributed by atoms with E-state index in [-0.39, 0.29) is 45.2 Å². The molecule has 4 aromatic rings. The van der Waals surface area contributed by atoms with Gasteiger partial charge in [0.1, 0.15) is 18.4 Å². The van der Waals surface area contributed by atoms with Gasteiger partial charge in [-0.05, 0) is 62.2 Å². The van der Waals surface area contributed by atoms with Gasteiger partial charge in [-0.1, -0.05) is 96.4 Å². The number of carbonyl (C=O) groups is 2.